The minimum Gasteiger partial charge on any atom is -0.375 e. The lowest BCUT2D eigenvalue weighted by Gasteiger charge is -2.43. The monoisotopic (exact) mass is 256 g/mol. The minimum atomic E-state index is 0.0771. The molecule has 2 aliphatic rings. The maximum Gasteiger partial charge on any atom is 0.146 e. The van der Waals surface area contributed by atoms with Crippen LogP contribution < -0.4 is 0 Å². The van der Waals surface area contributed by atoms with Crippen molar-refractivity contribution in [2.75, 3.05) is 18.1 Å². The Hall–Kier alpha value is -0.0200. The molecule has 3 heteroatoms. The first-order valence-electron chi connectivity index (χ1n) is 7.00. The predicted molar refractivity (Wildman–Crippen MR) is 72.5 cm³/mol. The summed E-state index contributed by atoms with van der Waals surface area (Å²) in [6.45, 7) is 2.91. The molecule has 2 nitrogen and oxygen atoms in total. The van der Waals surface area contributed by atoms with E-state index < -0.39 is 0 Å². The second kappa shape index (κ2) is 6.24. The van der Waals surface area contributed by atoms with E-state index >= 15 is 0 Å². The van der Waals surface area contributed by atoms with E-state index in [1.807, 2.05) is 0 Å². The van der Waals surface area contributed by atoms with Crippen LogP contribution in [0.2, 0.25) is 0 Å². The molecule has 0 aromatic rings. The fourth-order valence-electron chi connectivity index (χ4n) is 3.17. The van der Waals surface area contributed by atoms with Crippen molar-refractivity contribution in [3.05, 3.63) is 0 Å². The average molecular weight is 256 g/mol. The molecule has 1 spiro atoms. The van der Waals surface area contributed by atoms with E-state index in [9.17, 15) is 4.79 Å². The second-order valence-electron chi connectivity index (χ2n) is 5.39. The van der Waals surface area contributed by atoms with Crippen LogP contribution in [0.3, 0.4) is 0 Å². The normalized spacial score (nSPS) is 28.2. The van der Waals surface area contributed by atoms with E-state index in [1.54, 1.807) is 11.8 Å². The van der Waals surface area contributed by atoms with Gasteiger partial charge in [-0.05, 0) is 31.4 Å². The summed E-state index contributed by atoms with van der Waals surface area (Å²) < 4.78 is 6.03. The Labute approximate surface area is 109 Å². The zero-order valence-electron chi connectivity index (χ0n) is 10.9. The van der Waals surface area contributed by atoms with Crippen LogP contribution in [0.25, 0.3) is 0 Å². The van der Waals surface area contributed by atoms with Crippen LogP contribution in [0.5, 0.6) is 0 Å². The Kier molecular flexibility index (Phi) is 4.92. The topological polar surface area (TPSA) is 26.3 Å². The largest absolute Gasteiger partial charge is 0.375 e. The first-order valence-corrected chi connectivity index (χ1v) is 8.16. The molecule has 0 aromatic carbocycles. The summed E-state index contributed by atoms with van der Waals surface area (Å²) in [5.74, 6) is 2.49. The Balaban J connectivity index is 1.89. The lowest BCUT2D eigenvalue weighted by molar-refractivity contribution is -0.140. The highest BCUT2D eigenvalue weighted by atomic mass is 32.2. The van der Waals surface area contributed by atoms with Crippen molar-refractivity contribution in [2.45, 2.75) is 57.5 Å². The molecule has 98 valence electrons. The Morgan fingerprint density at radius 1 is 1.35 bits per heavy atom. The first-order chi connectivity index (χ1) is 8.26. The number of hydrogen-bond donors (Lipinski definition) is 0. The maximum atomic E-state index is 12.1. The number of rotatable bonds is 4. The molecule has 1 heterocycles. The molecule has 1 unspecified atom stereocenters. The van der Waals surface area contributed by atoms with E-state index in [-0.39, 0.29) is 11.5 Å². The van der Waals surface area contributed by atoms with E-state index in [0.717, 1.165) is 25.2 Å². The molecule has 0 N–H and O–H groups in total. The molecule has 1 saturated carbocycles. The number of carbonyl (C=O) groups excluding carboxylic acids is 1. The van der Waals surface area contributed by atoms with Gasteiger partial charge in [0, 0.05) is 12.5 Å². The van der Waals surface area contributed by atoms with E-state index in [4.69, 9.17) is 4.74 Å². The van der Waals surface area contributed by atoms with Gasteiger partial charge in [0.15, 0.2) is 0 Å². The summed E-state index contributed by atoms with van der Waals surface area (Å²) in [6.07, 6.45) is 8.21. The third-order valence-electron chi connectivity index (χ3n) is 4.16. The summed E-state index contributed by atoms with van der Waals surface area (Å²) in [6, 6.07) is 0. The van der Waals surface area contributed by atoms with E-state index in [0.29, 0.717) is 11.5 Å². The molecule has 0 bridgehead atoms. The van der Waals surface area contributed by atoms with Crippen LogP contribution in [0.15, 0.2) is 0 Å². The quantitative estimate of drug-likeness (QED) is 0.771. The summed E-state index contributed by atoms with van der Waals surface area (Å²) in [7, 11) is 0. The molecule has 0 aromatic heterocycles. The number of ketones is 1. The molecule has 0 radical (unpaired) electrons. The van der Waals surface area contributed by atoms with Crippen molar-refractivity contribution in [2.24, 2.45) is 5.92 Å². The molecule has 2 fully saturated rings. The van der Waals surface area contributed by atoms with Crippen LogP contribution in [0, 0.1) is 5.92 Å². The highest BCUT2D eigenvalue weighted by Crippen LogP contribution is 2.41. The molecule has 1 saturated heterocycles. The van der Waals surface area contributed by atoms with Crippen LogP contribution in [0.4, 0.5) is 0 Å². The lowest BCUT2D eigenvalue weighted by atomic mass is 9.75. The second-order valence-corrected chi connectivity index (χ2v) is 6.66. The highest BCUT2D eigenvalue weighted by molar-refractivity contribution is 7.99. The SMILES string of the molecule is CCSCC(=O)C1CCOC2(CCCCC2)C1. The molecule has 1 aliphatic heterocycles. The highest BCUT2D eigenvalue weighted by Gasteiger charge is 2.40. The van der Waals surface area contributed by atoms with Crippen LogP contribution in [-0.2, 0) is 9.53 Å². The van der Waals surface area contributed by atoms with Gasteiger partial charge in [-0.15, -0.1) is 0 Å². The minimum absolute atomic E-state index is 0.0771. The van der Waals surface area contributed by atoms with Gasteiger partial charge < -0.3 is 4.74 Å². The average Bonchev–Trinajstić information content (AvgIpc) is 2.37. The molecule has 1 atom stereocenters. The van der Waals surface area contributed by atoms with Gasteiger partial charge in [-0.1, -0.05) is 26.2 Å². The smallest absolute Gasteiger partial charge is 0.146 e. The zero-order chi connectivity index (χ0) is 12.1. The van der Waals surface area contributed by atoms with Crippen molar-refractivity contribution in [1.29, 1.82) is 0 Å². The van der Waals surface area contributed by atoms with Crippen molar-refractivity contribution in [1.82, 2.24) is 0 Å². The van der Waals surface area contributed by atoms with Crippen LogP contribution in [-0.4, -0.2) is 29.5 Å². The fraction of sp³-hybridized carbons (Fsp3) is 0.929. The number of hydrogen-bond acceptors (Lipinski definition) is 3. The van der Waals surface area contributed by atoms with Gasteiger partial charge in [0.2, 0.25) is 0 Å². The van der Waals surface area contributed by atoms with Crippen LogP contribution in [0.1, 0.15) is 51.9 Å². The van der Waals surface area contributed by atoms with Crippen LogP contribution >= 0.6 is 11.8 Å². The molecule has 0 amide bonds. The van der Waals surface area contributed by atoms with Gasteiger partial charge in [-0.2, -0.15) is 11.8 Å². The third kappa shape index (κ3) is 3.47. The van der Waals surface area contributed by atoms with E-state index in [2.05, 4.69) is 6.92 Å². The summed E-state index contributed by atoms with van der Waals surface area (Å²) in [5.41, 5.74) is 0.0771. The standard InChI is InChI=1S/C14H24O2S/c1-2-17-11-13(15)12-6-9-16-14(10-12)7-4-3-5-8-14/h12H,2-11H2,1H3. The molecule has 1 aliphatic carbocycles. The summed E-state index contributed by atoms with van der Waals surface area (Å²) >= 11 is 1.75. The van der Waals surface area contributed by atoms with Crippen molar-refractivity contribution in [3.8, 4) is 0 Å². The number of Topliss-reactive ketones (excluding diaryl/α,β-unsaturated/α-hetero) is 1. The molecular weight excluding hydrogens is 232 g/mol. The van der Waals surface area contributed by atoms with Gasteiger partial charge in [-0.25, -0.2) is 0 Å². The molecule has 2 rings (SSSR count). The van der Waals surface area contributed by atoms with Crippen molar-refractivity contribution in [3.63, 3.8) is 0 Å². The fourth-order valence-corrected chi connectivity index (χ4v) is 3.81. The first kappa shape index (κ1) is 13.4. The van der Waals surface area contributed by atoms with Gasteiger partial charge >= 0.3 is 0 Å². The third-order valence-corrected chi connectivity index (χ3v) is 5.06. The Morgan fingerprint density at radius 3 is 2.82 bits per heavy atom. The van der Waals surface area contributed by atoms with Gasteiger partial charge in [0.25, 0.3) is 0 Å². The zero-order valence-corrected chi connectivity index (χ0v) is 11.7. The Morgan fingerprint density at radius 2 is 2.12 bits per heavy atom. The number of ether oxygens (including phenoxy) is 1. The maximum absolute atomic E-state index is 12.1. The van der Waals surface area contributed by atoms with Crippen molar-refractivity contribution >= 4 is 17.5 Å². The van der Waals surface area contributed by atoms with Gasteiger partial charge in [-0.3, -0.25) is 4.79 Å². The summed E-state index contributed by atoms with van der Waals surface area (Å²) in [4.78, 5) is 12.1. The number of carbonyl (C=O) groups is 1. The Bertz CT molecular complexity index is 253. The van der Waals surface area contributed by atoms with Crippen molar-refractivity contribution < 1.29 is 9.53 Å². The van der Waals surface area contributed by atoms with E-state index in [1.165, 1.54) is 32.1 Å². The molecular formula is C14H24O2S. The molecule has 17 heavy (non-hydrogen) atoms. The lowest BCUT2D eigenvalue weighted by Crippen LogP contribution is -2.43. The van der Waals surface area contributed by atoms with Gasteiger partial charge in [0.1, 0.15) is 5.78 Å². The number of thioether (sulfide) groups is 1. The van der Waals surface area contributed by atoms with Gasteiger partial charge in [0.05, 0.1) is 11.4 Å². The summed E-state index contributed by atoms with van der Waals surface area (Å²) in [5, 5.41) is 0. The predicted octanol–water partition coefficient (Wildman–Crippen LogP) is 3.44.